The highest BCUT2D eigenvalue weighted by Gasteiger charge is 2.26. The normalized spacial score (nSPS) is 12.2. The van der Waals surface area contributed by atoms with E-state index in [9.17, 15) is 0 Å². The minimum absolute atomic E-state index is 0.854. The molecule has 0 saturated heterocycles. The van der Waals surface area contributed by atoms with Crippen LogP contribution in [-0.2, 0) is 0 Å². The van der Waals surface area contributed by atoms with Crippen molar-refractivity contribution in [2.24, 2.45) is 0 Å². The van der Waals surface area contributed by atoms with E-state index in [1.54, 1.807) is 0 Å². The Balaban J connectivity index is 1.06. The lowest BCUT2D eigenvalue weighted by molar-refractivity contribution is 0.477. The molecule has 2 heterocycles. The van der Waals surface area contributed by atoms with Crippen molar-refractivity contribution in [3.05, 3.63) is 163 Å². The molecule has 2 nitrogen and oxygen atoms in total. The molecule has 0 bridgehead atoms. The van der Waals surface area contributed by atoms with E-state index in [0.29, 0.717) is 0 Å². The van der Waals surface area contributed by atoms with Gasteiger partial charge in [-0.3, -0.25) is 0 Å². The number of anilines is 3. The summed E-state index contributed by atoms with van der Waals surface area (Å²) in [5, 5.41) is 2.66. The third kappa shape index (κ3) is 4.48. The first-order valence-corrected chi connectivity index (χ1v) is 16.4. The monoisotopic (exact) mass is 607 g/mol. The van der Waals surface area contributed by atoms with Crippen molar-refractivity contribution in [2.45, 2.75) is 6.92 Å². The van der Waals surface area contributed by atoms with Crippen LogP contribution in [0.25, 0.3) is 53.6 Å². The molecule has 1 aliphatic rings. The fourth-order valence-corrected chi connectivity index (χ4v) is 7.86. The quantitative estimate of drug-likeness (QED) is 0.197. The number of hydrogen-bond donors (Lipinski definition) is 0. The summed E-state index contributed by atoms with van der Waals surface area (Å²) in [6.45, 7) is 2.10. The average molecular weight is 608 g/mol. The second-order valence-electron chi connectivity index (χ2n) is 11.9. The van der Waals surface area contributed by atoms with E-state index >= 15 is 0 Å². The number of hydrogen-bond acceptors (Lipinski definition) is 3. The van der Waals surface area contributed by atoms with Gasteiger partial charge in [0.2, 0.25) is 0 Å². The number of aryl methyl sites for hydroxylation is 1. The van der Waals surface area contributed by atoms with Crippen LogP contribution in [0.5, 0.6) is 11.5 Å². The number of rotatable bonds is 4. The number of nitrogens with zero attached hydrogens (tertiary/aromatic N) is 1. The summed E-state index contributed by atoms with van der Waals surface area (Å²) < 4.78 is 9.19. The van der Waals surface area contributed by atoms with E-state index in [4.69, 9.17) is 4.74 Å². The molecule has 1 aromatic heterocycles. The van der Waals surface area contributed by atoms with Crippen molar-refractivity contribution in [2.75, 3.05) is 4.90 Å². The molecule has 0 spiro atoms. The van der Waals surface area contributed by atoms with Crippen LogP contribution in [0.15, 0.2) is 158 Å². The van der Waals surface area contributed by atoms with Gasteiger partial charge in [-0.1, -0.05) is 115 Å². The highest BCUT2D eigenvalue weighted by Crippen LogP contribution is 2.51. The van der Waals surface area contributed by atoms with Crippen LogP contribution < -0.4 is 9.64 Å². The summed E-state index contributed by atoms with van der Waals surface area (Å²) >= 11 is 1.88. The van der Waals surface area contributed by atoms with E-state index in [2.05, 4.69) is 163 Å². The first-order chi connectivity index (χ1) is 22.7. The SMILES string of the molecule is Cc1ccc2c(c1)Oc1cc(-c3ccccc3)ccc1N2c1ccc(-c2ccc(-c3cccc4c3sc3ccccc34)cc2)cc1. The highest BCUT2D eigenvalue weighted by atomic mass is 32.1. The Morgan fingerprint density at radius 2 is 1.09 bits per heavy atom. The van der Waals surface area contributed by atoms with Crippen molar-refractivity contribution < 1.29 is 4.74 Å². The van der Waals surface area contributed by atoms with Gasteiger partial charge in [0.05, 0.1) is 11.4 Å². The number of ether oxygens (including phenoxy) is 1. The van der Waals surface area contributed by atoms with Gasteiger partial charge in [0.25, 0.3) is 0 Å². The lowest BCUT2D eigenvalue weighted by atomic mass is 9.98. The van der Waals surface area contributed by atoms with Crippen LogP contribution in [0, 0.1) is 6.92 Å². The Morgan fingerprint density at radius 3 is 1.89 bits per heavy atom. The number of thiophene rings is 1. The van der Waals surface area contributed by atoms with Gasteiger partial charge in [0.1, 0.15) is 0 Å². The summed E-state index contributed by atoms with van der Waals surface area (Å²) in [6.07, 6.45) is 0. The predicted molar refractivity (Wildman–Crippen MR) is 195 cm³/mol. The van der Waals surface area contributed by atoms with Crippen LogP contribution in [0.3, 0.4) is 0 Å². The maximum atomic E-state index is 6.52. The first-order valence-electron chi connectivity index (χ1n) is 15.6. The van der Waals surface area contributed by atoms with Gasteiger partial charge in [0.15, 0.2) is 11.5 Å². The molecule has 1 aliphatic heterocycles. The Kier molecular flexibility index (Phi) is 6.25. The van der Waals surface area contributed by atoms with Crippen molar-refractivity contribution in [3.8, 4) is 44.9 Å². The van der Waals surface area contributed by atoms with Crippen LogP contribution in [0.1, 0.15) is 5.56 Å². The highest BCUT2D eigenvalue weighted by molar-refractivity contribution is 7.26. The summed E-state index contributed by atoms with van der Waals surface area (Å²) in [4.78, 5) is 2.31. The molecule has 218 valence electrons. The fourth-order valence-electron chi connectivity index (χ4n) is 6.62. The van der Waals surface area contributed by atoms with Crippen molar-refractivity contribution >= 4 is 48.6 Å². The molecule has 9 rings (SSSR count). The van der Waals surface area contributed by atoms with Crippen molar-refractivity contribution in [1.29, 1.82) is 0 Å². The Hall–Kier alpha value is -5.64. The summed E-state index contributed by atoms with van der Waals surface area (Å²) in [5.41, 5.74) is 11.6. The van der Waals surface area contributed by atoms with E-state index in [-0.39, 0.29) is 0 Å². The zero-order valence-corrected chi connectivity index (χ0v) is 26.1. The largest absolute Gasteiger partial charge is 0.453 e. The molecule has 0 aliphatic carbocycles. The van der Waals surface area contributed by atoms with Crippen molar-refractivity contribution in [1.82, 2.24) is 0 Å². The molecule has 0 saturated carbocycles. The maximum absolute atomic E-state index is 6.52. The Labute approximate surface area is 272 Å². The van der Waals surface area contributed by atoms with Crippen LogP contribution >= 0.6 is 11.3 Å². The molecule has 0 amide bonds. The van der Waals surface area contributed by atoms with Crippen LogP contribution in [0.2, 0.25) is 0 Å². The molecule has 0 unspecified atom stereocenters. The van der Waals surface area contributed by atoms with Gasteiger partial charge in [0, 0.05) is 25.9 Å². The van der Waals surface area contributed by atoms with Gasteiger partial charge in [-0.15, -0.1) is 11.3 Å². The van der Waals surface area contributed by atoms with Crippen molar-refractivity contribution in [3.63, 3.8) is 0 Å². The zero-order chi connectivity index (χ0) is 30.6. The van der Waals surface area contributed by atoms with Gasteiger partial charge in [-0.05, 0) is 88.3 Å². The van der Waals surface area contributed by atoms with Gasteiger partial charge in [-0.25, -0.2) is 0 Å². The maximum Gasteiger partial charge on any atom is 0.152 e. The van der Waals surface area contributed by atoms with E-state index in [1.807, 2.05) is 17.4 Å². The summed E-state index contributed by atoms with van der Waals surface area (Å²) in [5.74, 6) is 1.72. The lowest BCUT2D eigenvalue weighted by Gasteiger charge is -2.33. The van der Waals surface area contributed by atoms with Gasteiger partial charge >= 0.3 is 0 Å². The second kappa shape index (κ2) is 10.8. The van der Waals surface area contributed by atoms with E-state index < -0.39 is 0 Å². The fraction of sp³-hybridized carbons (Fsp3) is 0.0233. The minimum atomic E-state index is 0.854. The predicted octanol–water partition coefficient (Wildman–Crippen LogP) is 12.9. The second-order valence-corrected chi connectivity index (χ2v) is 12.9. The van der Waals surface area contributed by atoms with Crippen LogP contribution in [0.4, 0.5) is 17.1 Å². The smallest absolute Gasteiger partial charge is 0.152 e. The first kappa shape index (κ1) is 26.7. The lowest BCUT2D eigenvalue weighted by Crippen LogP contribution is -2.16. The minimum Gasteiger partial charge on any atom is -0.453 e. The van der Waals surface area contributed by atoms with E-state index in [0.717, 1.165) is 34.1 Å². The van der Waals surface area contributed by atoms with E-state index in [1.165, 1.54) is 53.6 Å². The molecule has 3 heteroatoms. The Morgan fingerprint density at radius 1 is 0.478 bits per heavy atom. The molecule has 8 aromatic rings. The molecule has 0 atom stereocenters. The molecule has 46 heavy (non-hydrogen) atoms. The Bertz CT molecular complexity index is 2390. The third-order valence-electron chi connectivity index (χ3n) is 8.94. The number of benzene rings is 7. The van der Waals surface area contributed by atoms with Gasteiger partial charge < -0.3 is 9.64 Å². The standard InChI is InChI=1S/C43H29NOS/c1-28-14-24-38-40(26-28)45-41-27-33(29-8-3-2-4-9-29)21-25-39(41)44(38)34-22-19-31(20-23-34)30-15-17-32(18-16-30)35-11-7-12-37-36-10-5-6-13-42(36)46-43(35)37/h2-27H,1H3. The summed E-state index contributed by atoms with van der Waals surface area (Å²) in [7, 11) is 0. The van der Waals surface area contributed by atoms with Crippen LogP contribution in [-0.4, -0.2) is 0 Å². The zero-order valence-electron chi connectivity index (χ0n) is 25.3. The molecule has 7 aromatic carbocycles. The molecular weight excluding hydrogens is 579 g/mol. The number of fused-ring (bicyclic) bond motifs is 5. The molecule has 0 fully saturated rings. The molecular formula is C43H29NOS. The summed E-state index contributed by atoms with van der Waals surface area (Å²) in [6, 6.07) is 56.6. The molecule has 0 N–H and O–H groups in total. The van der Waals surface area contributed by atoms with Gasteiger partial charge in [-0.2, -0.15) is 0 Å². The third-order valence-corrected chi connectivity index (χ3v) is 10.2. The topological polar surface area (TPSA) is 12.5 Å². The average Bonchev–Trinajstić information content (AvgIpc) is 3.50. The molecule has 0 radical (unpaired) electrons.